The van der Waals surface area contributed by atoms with Gasteiger partial charge in [-0.2, -0.15) is 4.31 Å². The van der Waals surface area contributed by atoms with Crippen LogP contribution in [0.2, 0.25) is 0 Å². The number of piperidine rings is 1. The van der Waals surface area contributed by atoms with Crippen LogP contribution in [0.4, 0.5) is 4.39 Å². The third-order valence-corrected chi connectivity index (χ3v) is 6.82. The monoisotopic (exact) mass is 399 g/mol. The molecule has 0 bridgehead atoms. The van der Waals surface area contributed by atoms with E-state index in [2.05, 4.69) is 19.2 Å². The van der Waals surface area contributed by atoms with Gasteiger partial charge >= 0.3 is 0 Å². The molecule has 0 aromatic heterocycles. The van der Waals surface area contributed by atoms with E-state index in [1.165, 1.54) is 16.4 Å². The van der Waals surface area contributed by atoms with E-state index in [-0.39, 0.29) is 17.3 Å². The van der Waals surface area contributed by atoms with E-state index in [0.29, 0.717) is 31.8 Å². The molecule has 6 nitrogen and oxygen atoms in total. The number of rotatable bonds is 7. The highest BCUT2D eigenvalue weighted by Gasteiger charge is 2.35. The number of carbonyl (C=O) groups excluding carboxylic acids is 1. The summed E-state index contributed by atoms with van der Waals surface area (Å²) in [7, 11) is -3.75. The number of benzene rings is 1. The molecule has 0 spiro atoms. The van der Waals surface area contributed by atoms with Crippen molar-refractivity contribution in [1.29, 1.82) is 0 Å². The van der Waals surface area contributed by atoms with E-state index in [9.17, 15) is 17.6 Å². The molecule has 0 aliphatic carbocycles. The first-order chi connectivity index (χ1) is 12.6. The minimum absolute atomic E-state index is 0.0385. The van der Waals surface area contributed by atoms with Crippen molar-refractivity contribution in [1.82, 2.24) is 9.62 Å². The fraction of sp³-hybridized carbons (Fsp3) is 0.632. The maximum Gasteiger partial charge on any atom is 0.243 e. The number of hydrogen-bond acceptors (Lipinski definition) is 4. The molecule has 1 aromatic rings. The normalized spacial score (nSPS) is 21.0. The Morgan fingerprint density at radius 3 is 2.56 bits per heavy atom. The number of sulfonamides is 1. The smallest absolute Gasteiger partial charge is 0.243 e. The molecule has 1 heterocycles. The topological polar surface area (TPSA) is 92.5 Å². The quantitative estimate of drug-likeness (QED) is 0.734. The van der Waals surface area contributed by atoms with Gasteiger partial charge in [0.15, 0.2) is 0 Å². The summed E-state index contributed by atoms with van der Waals surface area (Å²) in [6.07, 6.45) is 1.98. The van der Waals surface area contributed by atoms with E-state index in [1.807, 2.05) is 6.92 Å². The van der Waals surface area contributed by atoms with Crippen LogP contribution < -0.4 is 11.1 Å². The molecule has 1 fully saturated rings. The summed E-state index contributed by atoms with van der Waals surface area (Å²) in [6, 6.07) is 4.75. The molecule has 1 saturated heterocycles. The zero-order valence-corrected chi connectivity index (χ0v) is 17.1. The van der Waals surface area contributed by atoms with Crippen LogP contribution in [0.25, 0.3) is 0 Å². The van der Waals surface area contributed by atoms with Crippen LogP contribution in [0.15, 0.2) is 29.2 Å². The lowest BCUT2D eigenvalue weighted by atomic mass is 9.89. The first-order valence-electron chi connectivity index (χ1n) is 9.35. The van der Waals surface area contributed by atoms with Crippen molar-refractivity contribution in [3.8, 4) is 0 Å². The van der Waals surface area contributed by atoms with Gasteiger partial charge in [-0.05, 0) is 56.4 Å². The first kappa shape index (κ1) is 21.8. The van der Waals surface area contributed by atoms with Crippen LogP contribution in [0, 0.1) is 17.7 Å². The van der Waals surface area contributed by atoms with E-state index in [1.54, 1.807) is 0 Å². The van der Waals surface area contributed by atoms with Gasteiger partial charge in [-0.3, -0.25) is 4.79 Å². The Labute approximate surface area is 161 Å². The highest BCUT2D eigenvalue weighted by Crippen LogP contribution is 2.25. The highest BCUT2D eigenvalue weighted by atomic mass is 32.2. The van der Waals surface area contributed by atoms with Gasteiger partial charge in [0.25, 0.3) is 0 Å². The number of carbonyl (C=O) groups is 1. The van der Waals surface area contributed by atoms with Gasteiger partial charge in [-0.15, -0.1) is 0 Å². The Kier molecular flexibility index (Phi) is 6.99. The Morgan fingerprint density at radius 1 is 1.37 bits per heavy atom. The summed E-state index contributed by atoms with van der Waals surface area (Å²) < 4.78 is 40.0. The van der Waals surface area contributed by atoms with Crippen molar-refractivity contribution in [3.63, 3.8) is 0 Å². The summed E-state index contributed by atoms with van der Waals surface area (Å²) in [4.78, 5) is 12.8. The summed E-state index contributed by atoms with van der Waals surface area (Å²) in [6.45, 7) is 6.84. The number of nitrogens with one attached hydrogen (secondary N) is 1. The Balaban J connectivity index is 2.10. The van der Waals surface area contributed by atoms with E-state index >= 15 is 0 Å². The largest absolute Gasteiger partial charge is 0.349 e. The summed E-state index contributed by atoms with van der Waals surface area (Å²) in [5.41, 5.74) is 5.36. The molecular formula is C19H30FN3O3S. The van der Waals surface area contributed by atoms with Crippen LogP contribution in [0.1, 0.15) is 40.0 Å². The molecule has 8 heteroatoms. The minimum atomic E-state index is -3.75. The Bertz CT molecular complexity index is 752. The maximum absolute atomic E-state index is 13.1. The lowest BCUT2D eigenvalue weighted by Crippen LogP contribution is -2.55. The molecule has 0 radical (unpaired) electrons. The van der Waals surface area contributed by atoms with Crippen molar-refractivity contribution in [3.05, 3.63) is 30.1 Å². The zero-order valence-electron chi connectivity index (χ0n) is 16.2. The fourth-order valence-corrected chi connectivity index (χ4v) is 5.14. The molecule has 27 heavy (non-hydrogen) atoms. The second kappa shape index (κ2) is 8.67. The standard InChI is InChI=1S/C19H30FN3O3S/c1-14(2)11-19(3,13-21)22-18(24)15-5-4-10-23(12-15)27(25,26)17-8-6-16(20)7-9-17/h6-9,14-15H,4-5,10-13,21H2,1-3H3,(H,22,24). The number of nitrogens with two attached hydrogens (primary N) is 1. The maximum atomic E-state index is 13.1. The number of amides is 1. The molecule has 1 aliphatic heterocycles. The molecule has 2 unspecified atom stereocenters. The van der Waals surface area contributed by atoms with Crippen LogP contribution in [-0.4, -0.2) is 43.8 Å². The molecule has 2 atom stereocenters. The summed E-state index contributed by atoms with van der Waals surface area (Å²) in [5, 5.41) is 3.03. The SMILES string of the molecule is CC(C)CC(C)(CN)NC(=O)C1CCCN(S(=O)(=O)c2ccc(F)cc2)C1. The molecule has 1 amide bonds. The van der Waals surface area contributed by atoms with Crippen molar-refractivity contribution >= 4 is 15.9 Å². The van der Waals surface area contributed by atoms with E-state index in [4.69, 9.17) is 5.73 Å². The lowest BCUT2D eigenvalue weighted by Gasteiger charge is -2.36. The second-order valence-electron chi connectivity index (χ2n) is 8.01. The zero-order chi connectivity index (χ0) is 20.2. The number of nitrogens with zero attached hydrogens (tertiary/aromatic N) is 1. The van der Waals surface area contributed by atoms with E-state index < -0.39 is 27.3 Å². The summed E-state index contributed by atoms with van der Waals surface area (Å²) >= 11 is 0. The highest BCUT2D eigenvalue weighted by molar-refractivity contribution is 7.89. The predicted molar refractivity (Wildman–Crippen MR) is 103 cm³/mol. The Morgan fingerprint density at radius 2 is 2.00 bits per heavy atom. The van der Waals surface area contributed by atoms with Gasteiger partial charge in [0.1, 0.15) is 5.82 Å². The third kappa shape index (κ3) is 5.49. The number of halogens is 1. The molecule has 1 aromatic carbocycles. The second-order valence-corrected chi connectivity index (χ2v) is 9.95. The van der Waals surface area contributed by atoms with Crippen molar-refractivity contribution < 1.29 is 17.6 Å². The average molecular weight is 400 g/mol. The summed E-state index contributed by atoms with van der Waals surface area (Å²) in [5.74, 6) is -0.703. The van der Waals surface area contributed by atoms with Crippen LogP contribution in [0.3, 0.4) is 0 Å². The van der Waals surface area contributed by atoms with Crippen LogP contribution >= 0.6 is 0 Å². The molecule has 3 N–H and O–H groups in total. The molecule has 2 rings (SSSR count). The van der Waals surface area contributed by atoms with Gasteiger partial charge in [-0.1, -0.05) is 13.8 Å². The minimum Gasteiger partial charge on any atom is -0.349 e. The molecular weight excluding hydrogens is 369 g/mol. The van der Waals surface area contributed by atoms with Gasteiger partial charge in [0, 0.05) is 25.2 Å². The lowest BCUT2D eigenvalue weighted by molar-refractivity contribution is -0.128. The predicted octanol–water partition coefficient (Wildman–Crippen LogP) is 2.11. The van der Waals surface area contributed by atoms with Gasteiger partial charge < -0.3 is 11.1 Å². The van der Waals surface area contributed by atoms with Crippen LogP contribution in [-0.2, 0) is 14.8 Å². The molecule has 0 saturated carbocycles. The van der Waals surface area contributed by atoms with Crippen molar-refractivity contribution in [2.24, 2.45) is 17.6 Å². The first-order valence-corrected chi connectivity index (χ1v) is 10.8. The fourth-order valence-electron chi connectivity index (χ4n) is 3.62. The van der Waals surface area contributed by atoms with Gasteiger partial charge in [-0.25, -0.2) is 12.8 Å². The van der Waals surface area contributed by atoms with Crippen molar-refractivity contribution in [2.75, 3.05) is 19.6 Å². The van der Waals surface area contributed by atoms with Crippen LogP contribution in [0.5, 0.6) is 0 Å². The van der Waals surface area contributed by atoms with Gasteiger partial charge in [0.05, 0.1) is 10.8 Å². The van der Waals surface area contributed by atoms with Crippen molar-refractivity contribution in [2.45, 2.75) is 50.5 Å². The Hall–Kier alpha value is -1.51. The number of hydrogen-bond donors (Lipinski definition) is 2. The van der Waals surface area contributed by atoms with Gasteiger partial charge in [0.2, 0.25) is 15.9 Å². The van der Waals surface area contributed by atoms with E-state index in [0.717, 1.165) is 18.6 Å². The molecule has 1 aliphatic rings. The molecule has 152 valence electrons. The average Bonchev–Trinajstić information content (AvgIpc) is 2.61. The third-order valence-electron chi connectivity index (χ3n) is 4.94.